The van der Waals surface area contributed by atoms with Crippen molar-refractivity contribution in [3.8, 4) is 0 Å². The van der Waals surface area contributed by atoms with Crippen LogP contribution < -0.4 is 0 Å². The monoisotopic (exact) mass is 512 g/mol. The van der Waals surface area contributed by atoms with Gasteiger partial charge in [-0.1, -0.05) is 155 Å². The minimum absolute atomic E-state index is 0.213. The van der Waals surface area contributed by atoms with Crippen LogP contribution in [0.2, 0.25) is 0 Å². The summed E-state index contributed by atoms with van der Waals surface area (Å²) in [4.78, 5) is 2.22. The third-order valence-corrected chi connectivity index (χ3v) is 7.37. The Morgan fingerprint density at radius 1 is 0.444 bits per heavy atom. The number of rotatable bonds is 31. The summed E-state index contributed by atoms with van der Waals surface area (Å²) in [6.45, 7) is 8.07. The second-order valence-electron chi connectivity index (χ2n) is 11.6. The molecule has 3 heteroatoms. The molecule has 36 heavy (non-hydrogen) atoms. The lowest BCUT2D eigenvalue weighted by atomic mass is 10.1. The molecule has 0 N–H and O–H groups in total. The first-order valence-corrected chi connectivity index (χ1v) is 16.5. The predicted octanol–water partition coefficient (Wildman–Crippen LogP) is 10.4. The molecule has 0 aliphatic rings. The molecule has 0 fully saturated rings. The highest BCUT2D eigenvalue weighted by Crippen LogP contribution is 2.13. The molecule has 0 rings (SSSR count). The van der Waals surface area contributed by atoms with E-state index in [1.807, 2.05) is 0 Å². The van der Waals surface area contributed by atoms with Gasteiger partial charge in [-0.25, -0.2) is 0 Å². The van der Waals surface area contributed by atoms with Gasteiger partial charge in [0.15, 0.2) is 0 Å². The van der Waals surface area contributed by atoms with Gasteiger partial charge in [-0.15, -0.1) is 0 Å². The van der Waals surface area contributed by atoms with Crippen molar-refractivity contribution >= 4 is 0 Å². The molecule has 3 nitrogen and oxygen atoms in total. The molecular formula is C33H69NO2. The van der Waals surface area contributed by atoms with Gasteiger partial charge in [0.1, 0.15) is 0 Å². The average molecular weight is 512 g/mol. The van der Waals surface area contributed by atoms with Crippen molar-refractivity contribution in [1.29, 1.82) is 0 Å². The predicted molar refractivity (Wildman–Crippen MR) is 161 cm³/mol. The van der Waals surface area contributed by atoms with E-state index in [4.69, 9.17) is 9.47 Å². The topological polar surface area (TPSA) is 21.7 Å². The Bertz CT molecular complexity index is 388. The van der Waals surface area contributed by atoms with Gasteiger partial charge in [-0.3, -0.25) is 0 Å². The van der Waals surface area contributed by atoms with Crippen LogP contribution in [0.4, 0.5) is 0 Å². The number of unbranched alkanes of at least 4 members (excludes halogenated alkanes) is 22. The Balaban J connectivity index is 3.49. The third kappa shape index (κ3) is 30.1. The highest BCUT2D eigenvalue weighted by molar-refractivity contribution is 4.61. The van der Waals surface area contributed by atoms with Crippen molar-refractivity contribution < 1.29 is 9.47 Å². The molecule has 0 saturated heterocycles. The van der Waals surface area contributed by atoms with Crippen LogP contribution in [0.25, 0.3) is 0 Å². The molecule has 0 unspecified atom stereocenters. The van der Waals surface area contributed by atoms with Crippen molar-refractivity contribution in [2.24, 2.45) is 0 Å². The van der Waals surface area contributed by atoms with Gasteiger partial charge in [0.2, 0.25) is 0 Å². The van der Waals surface area contributed by atoms with Crippen molar-refractivity contribution in [3.63, 3.8) is 0 Å². The van der Waals surface area contributed by atoms with Gasteiger partial charge in [-0.05, 0) is 26.9 Å². The zero-order chi connectivity index (χ0) is 26.4. The van der Waals surface area contributed by atoms with Crippen LogP contribution in [0.15, 0.2) is 0 Å². The summed E-state index contributed by atoms with van der Waals surface area (Å²) >= 11 is 0. The molecular weight excluding hydrogens is 442 g/mol. The lowest BCUT2D eigenvalue weighted by molar-refractivity contribution is -0.0287. The molecule has 0 aromatic carbocycles. The summed E-state index contributed by atoms with van der Waals surface area (Å²) in [6, 6.07) is 0. The normalized spacial score (nSPS) is 12.6. The van der Waals surface area contributed by atoms with E-state index in [9.17, 15) is 0 Å². The Morgan fingerprint density at radius 2 is 0.778 bits per heavy atom. The smallest absolute Gasteiger partial charge is 0.0934 e. The van der Waals surface area contributed by atoms with Gasteiger partial charge in [-0.2, -0.15) is 0 Å². The molecule has 0 heterocycles. The summed E-state index contributed by atoms with van der Waals surface area (Å²) in [5, 5.41) is 0. The molecule has 0 amide bonds. The molecule has 0 aliphatic carbocycles. The highest BCUT2D eigenvalue weighted by atomic mass is 16.5. The van der Waals surface area contributed by atoms with Crippen LogP contribution in [0, 0.1) is 0 Å². The largest absolute Gasteiger partial charge is 0.379 e. The number of hydrogen-bond acceptors (Lipinski definition) is 3. The summed E-state index contributed by atoms with van der Waals surface area (Å²) in [6.07, 6.45) is 33.6. The molecule has 0 radical (unpaired) electrons. The Hall–Kier alpha value is -0.120. The van der Waals surface area contributed by atoms with E-state index in [1.54, 1.807) is 0 Å². The molecule has 0 aromatic rings. The summed E-state index contributed by atoms with van der Waals surface area (Å²) < 4.78 is 12.2. The van der Waals surface area contributed by atoms with E-state index in [-0.39, 0.29) is 6.10 Å². The lowest BCUT2D eigenvalue weighted by Crippen LogP contribution is -2.32. The van der Waals surface area contributed by atoms with Gasteiger partial charge < -0.3 is 14.4 Å². The minimum Gasteiger partial charge on any atom is -0.379 e. The highest BCUT2D eigenvalue weighted by Gasteiger charge is 2.10. The van der Waals surface area contributed by atoms with Crippen LogP contribution in [0.1, 0.15) is 168 Å². The second kappa shape index (κ2) is 31.1. The van der Waals surface area contributed by atoms with E-state index in [1.165, 1.54) is 154 Å². The quantitative estimate of drug-likeness (QED) is 0.0864. The van der Waals surface area contributed by atoms with Crippen LogP contribution in [0.3, 0.4) is 0 Å². The lowest BCUT2D eigenvalue weighted by Gasteiger charge is -2.21. The van der Waals surface area contributed by atoms with Crippen molar-refractivity contribution in [2.75, 3.05) is 40.5 Å². The Kier molecular flexibility index (Phi) is 31.0. The van der Waals surface area contributed by atoms with E-state index in [2.05, 4.69) is 32.8 Å². The minimum atomic E-state index is 0.213. The average Bonchev–Trinajstić information content (AvgIpc) is 2.86. The zero-order valence-electron chi connectivity index (χ0n) is 25.6. The fourth-order valence-corrected chi connectivity index (χ4v) is 5.01. The summed E-state index contributed by atoms with van der Waals surface area (Å²) in [7, 11) is 4.26. The van der Waals surface area contributed by atoms with E-state index >= 15 is 0 Å². The molecule has 0 aromatic heterocycles. The van der Waals surface area contributed by atoms with Crippen LogP contribution in [-0.4, -0.2) is 51.5 Å². The molecule has 0 saturated carbocycles. The number of likely N-dealkylation sites (N-methyl/N-ethyl adjacent to an activating group) is 1. The van der Waals surface area contributed by atoms with Gasteiger partial charge in [0.05, 0.1) is 12.7 Å². The Labute approximate surface area is 228 Å². The summed E-state index contributed by atoms with van der Waals surface area (Å²) in [5.41, 5.74) is 0. The number of hydrogen-bond donors (Lipinski definition) is 0. The standard InChI is InChI=1S/C33H69NO2/c1-5-7-9-11-13-15-17-19-21-23-25-27-29-35-32-33(31-34(3)4)36-30-28-26-24-22-20-18-16-14-12-10-8-6-2/h33H,5-32H2,1-4H3/t33-/m1/s1. The van der Waals surface area contributed by atoms with Gasteiger partial charge >= 0.3 is 0 Å². The summed E-state index contributed by atoms with van der Waals surface area (Å²) in [5.74, 6) is 0. The Morgan fingerprint density at radius 3 is 1.14 bits per heavy atom. The SMILES string of the molecule is CCCCCCCCCCCCCCOC[C@@H](CN(C)C)OCCCCCCCCCCCCCC. The van der Waals surface area contributed by atoms with Crippen molar-refractivity contribution in [1.82, 2.24) is 4.90 Å². The molecule has 0 bridgehead atoms. The number of ether oxygens (including phenoxy) is 2. The molecule has 1 atom stereocenters. The maximum atomic E-state index is 6.19. The fourth-order valence-electron chi connectivity index (χ4n) is 5.01. The van der Waals surface area contributed by atoms with Crippen LogP contribution in [0.5, 0.6) is 0 Å². The van der Waals surface area contributed by atoms with Crippen LogP contribution in [-0.2, 0) is 9.47 Å². The van der Waals surface area contributed by atoms with Crippen LogP contribution >= 0.6 is 0 Å². The van der Waals surface area contributed by atoms with E-state index in [0.717, 1.165) is 26.4 Å². The van der Waals surface area contributed by atoms with Gasteiger partial charge in [0.25, 0.3) is 0 Å². The maximum absolute atomic E-state index is 6.19. The number of nitrogens with zero attached hydrogens (tertiary/aromatic N) is 1. The molecule has 0 aliphatic heterocycles. The van der Waals surface area contributed by atoms with E-state index in [0.29, 0.717) is 0 Å². The zero-order valence-corrected chi connectivity index (χ0v) is 25.6. The second-order valence-corrected chi connectivity index (χ2v) is 11.6. The van der Waals surface area contributed by atoms with Crippen molar-refractivity contribution in [3.05, 3.63) is 0 Å². The fraction of sp³-hybridized carbons (Fsp3) is 1.00. The van der Waals surface area contributed by atoms with E-state index < -0.39 is 0 Å². The van der Waals surface area contributed by atoms with Crippen molar-refractivity contribution in [2.45, 2.75) is 174 Å². The maximum Gasteiger partial charge on any atom is 0.0934 e. The first-order valence-electron chi connectivity index (χ1n) is 16.5. The molecule has 218 valence electrons. The third-order valence-electron chi connectivity index (χ3n) is 7.37. The first kappa shape index (κ1) is 35.9. The first-order chi connectivity index (χ1) is 17.7. The van der Waals surface area contributed by atoms with Gasteiger partial charge in [0, 0.05) is 19.8 Å². The molecule has 0 spiro atoms.